The first-order chi connectivity index (χ1) is 10.1. The van der Waals surface area contributed by atoms with E-state index in [-0.39, 0.29) is 0 Å². The third-order valence-corrected chi connectivity index (χ3v) is 4.78. The molecule has 0 saturated carbocycles. The molecule has 4 nitrogen and oxygen atoms in total. The van der Waals surface area contributed by atoms with Crippen LogP contribution in [0.2, 0.25) is 0 Å². The highest BCUT2D eigenvalue weighted by Crippen LogP contribution is 2.29. The molecule has 0 aliphatic carbocycles. The van der Waals surface area contributed by atoms with Gasteiger partial charge in [-0.25, -0.2) is 4.79 Å². The average Bonchev–Trinajstić information content (AvgIpc) is 2.45. The SMILES string of the molecule is CCSc1cccc(NCC2CCCN(C)C2)c1C(=O)O. The maximum absolute atomic E-state index is 11.6. The van der Waals surface area contributed by atoms with Gasteiger partial charge in [-0.1, -0.05) is 13.0 Å². The van der Waals surface area contributed by atoms with Crippen LogP contribution in [-0.2, 0) is 0 Å². The number of hydrogen-bond donors (Lipinski definition) is 2. The van der Waals surface area contributed by atoms with Gasteiger partial charge in [0.15, 0.2) is 0 Å². The van der Waals surface area contributed by atoms with Gasteiger partial charge in [0.2, 0.25) is 0 Å². The predicted molar refractivity (Wildman–Crippen MR) is 88.5 cm³/mol. The second-order valence-corrected chi connectivity index (χ2v) is 6.87. The van der Waals surface area contributed by atoms with E-state index in [0.29, 0.717) is 11.5 Å². The number of nitrogens with zero attached hydrogens (tertiary/aromatic N) is 1. The molecule has 2 rings (SSSR count). The molecular weight excluding hydrogens is 284 g/mol. The summed E-state index contributed by atoms with van der Waals surface area (Å²) < 4.78 is 0. The summed E-state index contributed by atoms with van der Waals surface area (Å²) in [6.07, 6.45) is 2.43. The molecule has 1 fully saturated rings. The van der Waals surface area contributed by atoms with Gasteiger partial charge in [-0.05, 0) is 50.2 Å². The van der Waals surface area contributed by atoms with Gasteiger partial charge in [-0.15, -0.1) is 11.8 Å². The Bertz CT molecular complexity index is 493. The summed E-state index contributed by atoms with van der Waals surface area (Å²) in [6, 6.07) is 5.69. The number of nitrogens with one attached hydrogen (secondary N) is 1. The monoisotopic (exact) mass is 308 g/mol. The molecule has 2 N–H and O–H groups in total. The van der Waals surface area contributed by atoms with Gasteiger partial charge in [0.05, 0.1) is 5.56 Å². The van der Waals surface area contributed by atoms with Crippen LogP contribution in [0.25, 0.3) is 0 Å². The molecule has 1 aliphatic rings. The van der Waals surface area contributed by atoms with E-state index in [0.717, 1.165) is 29.4 Å². The van der Waals surface area contributed by atoms with E-state index in [1.807, 2.05) is 25.1 Å². The van der Waals surface area contributed by atoms with Crippen molar-refractivity contribution >= 4 is 23.4 Å². The average molecular weight is 308 g/mol. The molecule has 0 spiro atoms. The zero-order chi connectivity index (χ0) is 15.2. The second kappa shape index (κ2) is 7.71. The van der Waals surface area contributed by atoms with Crippen LogP contribution in [0.3, 0.4) is 0 Å². The number of aromatic carboxylic acids is 1. The number of likely N-dealkylation sites (tertiary alicyclic amines) is 1. The van der Waals surface area contributed by atoms with Crippen molar-refractivity contribution in [2.45, 2.75) is 24.7 Å². The van der Waals surface area contributed by atoms with E-state index < -0.39 is 5.97 Å². The van der Waals surface area contributed by atoms with Gasteiger partial charge in [-0.2, -0.15) is 0 Å². The fourth-order valence-electron chi connectivity index (χ4n) is 2.87. The van der Waals surface area contributed by atoms with Gasteiger partial charge in [0.25, 0.3) is 0 Å². The van der Waals surface area contributed by atoms with Crippen molar-refractivity contribution in [3.8, 4) is 0 Å². The van der Waals surface area contributed by atoms with Gasteiger partial charge in [0, 0.05) is 23.7 Å². The molecule has 1 aliphatic heterocycles. The van der Waals surface area contributed by atoms with Crippen LogP contribution in [0.4, 0.5) is 5.69 Å². The number of rotatable bonds is 6. The molecule has 0 radical (unpaired) electrons. The molecule has 1 aromatic rings. The van der Waals surface area contributed by atoms with Crippen LogP contribution in [-0.4, -0.2) is 48.4 Å². The Balaban J connectivity index is 2.08. The number of anilines is 1. The fourth-order valence-corrected chi connectivity index (χ4v) is 3.70. The standard InChI is InChI=1S/C16H24N2O2S/c1-3-21-14-8-4-7-13(15(14)16(19)20)17-10-12-6-5-9-18(2)11-12/h4,7-8,12,17H,3,5-6,9-11H2,1-2H3,(H,19,20). The summed E-state index contributed by atoms with van der Waals surface area (Å²) >= 11 is 1.58. The summed E-state index contributed by atoms with van der Waals surface area (Å²) in [5, 5.41) is 12.9. The van der Waals surface area contributed by atoms with E-state index in [1.54, 1.807) is 11.8 Å². The summed E-state index contributed by atoms with van der Waals surface area (Å²) in [6.45, 7) is 5.12. The molecular formula is C16H24N2O2S. The van der Waals surface area contributed by atoms with Crippen molar-refractivity contribution in [2.24, 2.45) is 5.92 Å². The molecule has 116 valence electrons. The van der Waals surface area contributed by atoms with E-state index >= 15 is 0 Å². The van der Waals surface area contributed by atoms with Gasteiger partial charge in [-0.3, -0.25) is 0 Å². The Labute approximate surface area is 130 Å². The molecule has 0 bridgehead atoms. The minimum absolute atomic E-state index is 0.411. The normalized spacial score (nSPS) is 19.4. The molecule has 1 aromatic carbocycles. The van der Waals surface area contributed by atoms with Crippen LogP contribution in [0.1, 0.15) is 30.1 Å². The lowest BCUT2D eigenvalue weighted by Crippen LogP contribution is -2.35. The van der Waals surface area contributed by atoms with Gasteiger partial charge < -0.3 is 15.3 Å². The van der Waals surface area contributed by atoms with Crippen LogP contribution >= 0.6 is 11.8 Å². The zero-order valence-electron chi connectivity index (χ0n) is 12.8. The Kier molecular flexibility index (Phi) is 5.94. The molecule has 1 saturated heterocycles. The summed E-state index contributed by atoms with van der Waals surface area (Å²) in [7, 11) is 2.15. The highest BCUT2D eigenvalue weighted by molar-refractivity contribution is 7.99. The number of carboxylic acids is 1. The number of thioether (sulfide) groups is 1. The fraction of sp³-hybridized carbons (Fsp3) is 0.562. The zero-order valence-corrected chi connectivity index (χ0v) is 13.6. The third kappa shape index (κ3) is 4.38. The Morgan fingerprint density at radius 1 is 1.52 bits per heavy atom. The van der Waals surface area contributed by atoms with Crippen LogP contribution in [0.15, 0.2) is 23.1 Å². The maximum Gasteiger partial charge on any atom is 0.338 e. The quantitative estimate of drug-likeness (QED) is 0.790. The second-order valence-electron chi connectivity index (χ2n) is 5.57. The van der Waals surface area contributed by atoms with Crippen molar-refractivity contribution in [3.05, 3.63) is 23.8 Å². The molecule has 0 aromatic heterocycles. The maximum atomic E-state index is 11.6. The lowest BCUT2D eigenvalue weighted by atomic mass is 9.98. The first kappa shape index (κ1) is 16.2. The number of benzene rings is 1. The van der Waals surface area contributed by atoms with Crippen molar-refractivity contribution in [3.63, 3.8) is 0 Å². The third-order valence-electron chi connectivity index (χ3n) is 3.84. The minimum atomic E-state index is -0.852. The van der Waals surface area contributed by atoms with E-state index in [2.05, 4.69) is 17.3 Å². The number of carbonyl (C=O) groups is 1. The van der Waals surface area contributed by atoms with Crippen molar-refractivity contribution in [1.29, 1.82) is 0 Å². The van der Waals surface area contributed by atoms with Gasteiger partial charge in [0.1, 0.15) is 0 Å². The summed E-state index contributed by atoms with van der Waals surface area (Å²) in [5.74, 6) is 0.611. The predicted octanol–water partition coefficient (Wildman–Crippen LogP) is 3.25. The highest BCUT2D eigenvalue weighted by Gasteiger charge is 2.19. The first-order valence-electron chi connectivity index (χ1n) is 7.53. The van der Waals surface area contributed by atoms with Gasteiger partial charge >= 0.3 is 5.97 Å². The summed E-state index contributed by atoms with van der Waals surface area (Å²) in [4.78, 5) is 14.7. The molecule has 21 heavy (non-hydrogen) atoms. The number of piperidine rings is 1. The largest absolute Gasteiger partial charge is 0.478 e. The minimum Gasteiger partial charge on any atom is -0.478 e. The van der Waals surface area contributed by atoms with Crippen LogP contribution in [0, 0.1) is 5.92 Å². The van der Waals surface area contributed by atoms with Crippen molar-refractivity contribution in [2.75, 3.05) is 37.8 Å². The smallest absolute Gasteiger partial charge is 0.338 e. The Hall–Kier alpha value is -1.20. The van der Waals surface area contributed by atoms with Crippen molar-refractivity contribution in [1.82, 2.24) is 4.90 Å². The Morgan fingerprint density at radius 3 is 3.00 bits per heavy atom. The van der Waals surface area contributed by atoms with Crippen molar-refractivity contribution < 1.29 is 9.90 Å². The first-order valence-corrected chi connectivity index (χ1v) is 8.52. The van der Waals surface area contributed by atoms with Crippen LogP contribution < -0.4 is 5.32 Å². The number of hydrogen-bond acceptors (Lipinski definition) is 4. The van der Waals surface area contributed by atoms with E-state index in [1.165, 1.54) is 19.4 Å². The number of carboxylic acid groups (broad SMARTS) is 1. The lowest BCUT2D eigenvalue weighted by Gasteiger charge is -2.30. The van der Waals surface area contributed by atoms with Crippen LogP contribution in [0.5, 0.6) is 0 Å². The molecule has 1 unspecified atom stereocenters. The Morgan fingerprint density at radius 2 is 2.33 bits per heavy atom. The lowest BCUT2D eigenvalue weighted by molar-refractivity contribution is 0.0694. The highest BCUT2D eigenvalue weighted by atomic mass is 32.2. The molecule has 0 amide bonds. The van der Waals surface area contributed by atoms with E-state index in [9.17, 15) is 9.90 Å². The molecule has 1 heterocycles. The summed E-state index contributed by atoms with van der Waals surface area (Å²) in [5.41, 5.74) is 1.16. The molecule has 5 heteroatoms. The topological polar surface area (TPSA) is 52.6 Å². The molecule has 1 atom stereocenters. The van der Waals surface area contributed by atoms with E-state index in [4.69, 9.17) is 0 Å².